The highest BCUT2D eigenvalue weighted by molar-refractivity contribution is 5.73. The van der Waals surface area contributed by atoms with Crippen molar-refractivity contribution in [2.24, 2.45) is 11.8 Å². The summed E-state index contributed by atoms with van der Waals surface area (Å²) < 4.78 is 0. The Morgan fingerprint density at radius 1 is 1.33 bits per heavy atom. The minimum Gasteiger partial charge on any atom is -0.481 e. The van der Waals surface area contributed by atoms with Gasteiger partial charge in [-0.05, 0) is 49.3 Å². The van der Waals surface area contributed by atoms with Crippen molar-refractivity contribution in [3.63, 3.8) is 0 Å². The summed E-state index contributed by atoms with van der Waals surface area (Å²) in [4.78, 5) is 11.3. The number of hydrogen-bond donors (Lipinski definition) is 1. The molecule has 0 radical (unpaired) electrons. The van der Waals surface area contributed by atoms with Crippen LogP contribution in [0.3, 0.4) is 0 Å². The molecule has 2 aliphatic carbocycles. The summed E-state index contributed by atoms with van der Waals surface area (Å²) in [5.41, 5.74) is 3.90. The third-order valence-corrected chi connectivity index (χ3v) is 4.82. The average molecular weight is 242 g/mol. The van der Waals surface area contributed by atoms with Gasteiger partial charge < -0.3 is 5.11 Å². The molecule has 0 heterocycles. The van der Waals surface area contributed by atoms with Crippen LogP contribution in [0, 0.1) is 25.7 Å². The standard InChI is InChI=1S/C16H18O2/c1-10-4-3-5-14(11(10)2)16-7-6-12(8-16)13(9-16)15(17)18/h3-7,12-13H,8-9H2,1-2H3,(H,17,18). The van der Waals surface area contributed by atoms with Gasteiger partial charge in [-0.2, -0.15) is 0 Å². The van der Waals surface area contributed by atoms with Crippen molar-refractivity contribution < 1.29 is 9.90 Å². The maximum Gasteiger partial charge on any atom is 0.307 e. The van der Waals surface area contributed by atoms with Gasteiger partial charge in [0.05, 0.1) is 5.92 Å². The normalized spacial score (nSPS) is 33.0. The second-order valence-corrected chi connectivity index (χ2v) is 5.78. The summed E-state index contributed by atoms with van der Waals surface area (Å²) >= 11 is 0. The number of allylic oxidation sites excluding steroid dienone is 2. The maximum atomic E-state index is 11.3. The number of aliphatic carboxylic acids is 1. The molecule has 0 spiro atoms. The van der Waals surface area contributed by atoms with E-state index in [4.69, 9.17) is 0 Å². The fraction of sp³-hybridized carbons (Fsp3) is 0.438. The topological polar surface area (TPSA) is 37.3 Å². The molecule has 2 heteroatoms. The van der Waals surface area contributed by atoms with E-state index < -0.39 is 5.97 Å². The van der Waals surface area contributed by atoms with E-state index in [2.05, 4.69) is 44.2 Å². The Balaban J connectivity index is 2.06. The van der Waals surface area contributed by atoms with Crippen molar-refractivity contribution in [2.75, 3.05) is 0 Å². The third kappa shape index (κ3) is 1.45. The van der Waals surface area contributed by atoms with Gasteiger partial charge >= 0.3 is 5.97 Å². The summed E-state index contributed by atoms with van der Waals surface area (Å²) in [5.74, 6) is -0.617. The maximum absolute atomic E-state index is 11.3. The van der Waals surface area contributed by atoms with Crippen LogP contribution in [0.2, 0.25) is 0 Å². The van der Waals surface area contributed by atoms with E-state index >= 15 is 0 Å². The van der Waals surface area contributed by atoms with Gasteiger partial charge in [-0.3, -0.25) is 4.79 Å². The van der Waals surface area contributed by atoms with E-state index in [1.54, 1.807) is 0 Å². The monoisotopic (exact) mass is 242 g/mol. The summed E-state index contributed by atoms with van der Waals surface area (Å²) in [6, 6.07) is 6.37. The first-order valence-electron chi connectivity index (χ1n) is 6.52. The second-order valence-electron chi connectivity index (χ2n) is 5.78. The molecule has 0 aromatic heterocycles. The average Bonchev–Trinajstić information content (AvgIpc) is 2.91. The van der Waals surface area contributed by atoms with Gasteiger partial charge in [-0.1, -0.05) is 30.4 Å². The number of aryl methyl sites for hydroxylation is 1. The zero-order valence-electron chi connectivity index (χ0n) is 10.8. The zero-order valence-corrected chi connectivity index (χ0v) is 10.8. The van der Waals surface area contributed by atoms with Gasteiger partial charge in [-0.25, -0.2) is 0 Å². The number of carbonyl (C=O) groups is 1. The van der Waals surface area contributed by atoms with Crippen molar-refractivity contribution in [1.29, 1.82) is 0 Å². The molecule has 94 valence electrons. The minimum absolute atomic E-state index is 0.0240. The van der Waals surface area contributed by atoms with Crippen molar-refractivity contribution in [2.45, 2.75) is 32.1 Å². The van der Waals surface area contributed by atoms with Crippen molar-refractivity contribution in [3.05, 3.63) is 47.0 Å². The summed E-state index contributed by atoms with van der Waals surface area (Å²) in [6.45, 7) is 4.27. The molecular weight excluding hydrogens is 224 g/mol. The number of benzene rings is 1. The van der Waals surface area contributed by atoms with Crippen molar-refractivity contribution >= 4 is 5.97 Å². The number of carboxylic acids is 1. The van der Waals surface area contributed by atoms with Crippen LogP contribution >= 0.6 is 0 Å². The van der Waals surface area contributed by atoms with E-state index in [-0.39, 0.29) is 17.3 Å². The molecule has 3 unspecified atom stereocenters. The fourth-order valence-corrected chi connectivity index (χ4v) is 3.71. The number of carboxylic acid groups (broad SMARTS) is 1. The van der Waals surface area contributed by atoms with Crippen LogP contribution in [0.15, 0.2) is 30.4 Å². The van der Waals surface area contributed by atoms with Gasteiger partial charge in [0, 0.05) is 5.41 Å². The first-order chi connectivity index (χ1) is 8.53. The first kappa shape index (κ1) is 11.5. The third-order valence-electron chi connectivity index (χ3n) is 4.82. The van der Waals surface area contributed by atoms with Gasteiger partial charge in [0.15, 0.2) is 0 Å². The van der Waals surface area contributed by atoms with Crippen LogP contribution in [-0.2, 0) is 10.2 Å². The van der Waals surface area contributed by atoms with Gasteiger partial charge in [0.25, 0.3) is 0 Å². The molecule has 2 nitrogen and oxygen atoms in total. The molecule has 3 rings (SSSR count). The highest BCUT2D eigenvalue weighted by Gasteiger charge is 2.50. The van der Waals surface area contributed by atoms with Gasteiger partial charge in [-0.15, -0.1) is 0 Å². The molecule has 0 amide bonds. The lowest BCUT2D eigenvalue weighted by molar-refractivity contribution is -0.142. The molecule has 18 heavy (non-hydrogen) atoms. The molecule has 1 fully saturated rings. The number of fused-ring (bicyclic) bond motifs is 2. The van der Waals surface area contributed by atoms with Gasteiger partial charge in [0.2, 0.25) is 0 Å². The van der Waals surface area contributed by atoms with E-state index in [0.717, 1.165) is 12.8 Å². The molecule has 1 saturated carbocycles. The Labute approximate surface area is 107 Å². The predicted molar refractivity (Wildman–Crippen MR) is 70.6 cm³/mol. The second kappa shape index (κ2) is 3.71. The van der Waals surface area contributed by atoms with E-state index in [1.165, 1.54) is 16.7 Å². The van der Waals surface area contributed by atoms with Crippen LogP contribution in [0.1, 0.15) is 29.5 Å². The summed E-state index contributed by atoms with van der Waals surface area (Å²) in [7, 11) is 0. The Morgan fingerprint density at radius 3 is 2.78 bits per heavy atom. The molecular formula is C16H18O2. The first-order valence-corrected chi connectivity index (χ1v) is 6.52. The number of hydrogen-bond acceptors (Lipinski definition) is 1. The van der Waals surface area contributed by atoms with Crippen LogP contribution < -0.4 is 0 Å². The van der Waals surface area contributed by atoms with Crippen LogP contribution in [0.25, 0.3) is 0 Å². The van der Waals surface area contributed by atoms with Crippen molar-refractivity contribution in [1.82, 2.24) is 0 Å². The van der Waals surface area contributed by atoms with Crippen LogP contribution in [0.5, 0.6) is 0 Å². The molecule has 1 aromatic carbocycles. The Hall–Kier alpha value is -1.57. The zero-order chi connectivity index (χ0) is 12.9. The van der Waals surface area contributed by atoms with E-state index in [1.807, 2.05) is 0 Å². The smallest absolute Gasteiger partial charge is 0.307 e. The van der Waals surface area contributed by atoms with E-state index in [0.29, 0.717) is 0 Å². The number of rotatable bonds is 2. The highest BCUT2D eigenvalue weighted by Crippen LogP contribution is 2.54. The largest absolute Gasteiger partial charge is 0.481 e. The quantitative estimate of drug-likeness (QED) is 0.808. The lowest BCUT2D eigenvalue weighted by Crippen LogP contribution is -2.24. The molecule has 0 saturated heterocycles. The molecule has 1 N–H and O–H groups in total. The molecule has 2 aliphatic rings. The molecule has 3 atom stereocenters. The lowest BCUT2D eigenvalue weighted by atomic mass is 9.76. The highest BCUT2D eigenvalue weighted by atomic mass is 16.4. The predicted octanol–water partition coefficient (Wildman–Crippen LogP) is 3.22. The lowest BCUT2D eigenvalue weighted by Gasteiger charge is -2.28. The molecule has 1 aromatic rings. The SMILES string of the molecule is Cc1cccc(C23C=CC(C2)C(C(=O)O)C3)c1C. The molecule has 2 bridgehead atoms. The fourth-order valence-electron chi connectivity index (χ4n) is 3.71. The van der Waals surface area contributed by atoms with E-state index in [9.17, 15) is 9.90 Å². The molecule has 0 aliphatic heterocycles. The van der Waals surface area contributed by atoms with Gasteiger partial charge in [0.1, 0.15) is 0 Å². The van der Waals surface area contributed by atoms with Crippen molar-refractivity contribution in [3.8, 4) is 0 Å². The Kier molecular flexibility index (Phi) is 2.37. The van der Waals surface area contributed by atoms with Crippen LogP contribution in [0.4, 0.5) is 0 Å². The van der Waals surface area contributed by atoms with Crippen LogP contribution in [-0.4, -0.2) is 11.1 Å². The summed E-state index contributed by atoms with van der Waals surface area (Å²) in [5, 5.41) is 9.29. The minimum atomic E-state index is -0.642. The summed E-state index contributed by atoms with van der Waals surface area (Å²) in [6.07, 6.45) is 6.09. The Morgan fingerprint density at radius 2 is 2.11 bits per heavy atom. The Bertz CT molecular complexity index is 544.